The lowest BCUT2D eigenvalue weighted by Gasteiger charge is -2.56. The highest BCUT2D eigenvalue weighted by molar-refractivity contribution is 5.97. The number of carboxylic acid groups (broad SMARTS) is 1. The maximum atomic E-state index is 15.1. The summed E-state index contributed by atoms with van der Waals surface area (Å²) in [7, 11) is 0. The van der Waals surface area contributed by atoms with Crippen LogP contribution in [0.1, 0.15) is 93.5 Å². The summed E-state index contributed by atoms with van der Waals surface area (Å²) in [4.78, 5) is 24.4. The molecule has 5 saturated carbocycles. The number of halogens is 1. The summed E-state index contributed by atoms with van der Waals surface area (Å²) in [6.07, 6.45) is 10.4. The van der Waals surface area contributed by atoms with E-state index in [0.717, 1.165) is 36.2 Å². The van der Waals surface area contributed by atoms with E-state index in [9.17, 15) is 14.7 Å². The molecule has 5 aliphatic rings. The Labute approximate surface area is 195 Å². The molecule has 0 radical (unpaired) electrons. The highest BCUT2D eigenvalue weighted by atomic mass is 19.1. The van der Waals surface area contributed by atoms with Crippen LogP contribution in [0.3, 0.4) is 0 Å². The molecule has 2 atom stereocenters. The van der Waals surface area contributed by atoms with Crippen molar-refractivity contribution in [3.8, 4) is 5.75 Å². The third-order valence-electron chi connectivity index (χ3n) is 8.83. The lowest BCUT2D eigenvalue weighted by molar-refractivity contribution is -0.140. The minimum atomic E-state index is -1.10. The standard InChI is InChI=1S/C27H36FNO4/c1-3-15(2)24(26(31)32)29-25(30)21-9-20(19-4-5-19)23(10-22(21)28)33-14-27-11-16-6-17(12-27)8-18(7-16)13-27/h9-10,15-19,24H,3-8,11-14H2,1-2H3,(H,29,30)(H,31,32)/t15-,16?,17?,18?,24-,27?/m0/s1. The molecule has 1 amide bonds. The molecule has 4 bridgehead atoms. The van der Waals surface area contributed by atoms with Crippen molar-refractivity contribution in [2.24, 2.45) is 29.1 Å². The molecule has 5 aliphatic carbocycles. The number of ether oxygens (including phenoxy) is 1. The smallest absolute Gasteiger partial charge is 0.326 e. The average molecular weight is 458 g/mol. The second kappa shape index (κ2) is 8.59. The van der Waals surface area contributed by atoms with Crippen LogP contribution in [0, 0.1) is 34.9 Å². The zero-order valence-corrected chi connectivity index (χ0v) is 19.7. The Morgan fingerprint density at radius 2 is 1.76 bits per heavy atom. The molecule has 1 aromatic rings. The van der Waals surface area contributed by atoms with Crippen molar-refractivity contribution in [2.45, 2.75) is 83.6 Å². The van der Waals surface area contributed by atoms with Crippen molar-refractivity contribution >= 4 is 11.9 Å². The van der Waals surface area contributed by atoms with Gasteiger partial charge in [-0.15, -0.1) is 0 Å². The van der Waals surface area contributed by atoms with Gasteiger partial charge in [-0.2, -0.15) is 0 Å². The Balaban J connectivity index is 1.34. The van der Waals surface area contributed by atoms with E-state index in [1.807, 2.05) is 6.92 Å². The summed E-state index contributed by atoms with van der Waals surface area (Å²) in [5.74, 6) is 0.680. The van der Waals surface area contributed by atoms with Gasteiger partial charge in [0, 0.05) is 11.5 Å². The molecule has 6 rings (SSSR count). The van der Waals surface area contributed by atoms with Gasteiger partial charge >= 0.3 is 5.97 Å². The van der Waals surface area contributed by atoms with Crippen LogP contribution in [0.25, 0.3) is 0 Å². The van der Waals surface area contributed by atoms with Gasteiger partial charge in [0.1, 0.15) is 17.6 Å². The van der Waals surface area contributed by atoms with E-state index < -0.39 is 23.7 Å². The van der Waals surface area contributed by atoms with Crippen molar-refractivity contribution < 1.29 is 23.8 Å². The Bertz CT molecular complexity index is 905. The SMILES string of the molecule is CC[C@H](C)[C@H](NC(=O)c1cc(C2CC2)c(OCC23CC4CC(CC(C4)C2)C3)cc1F)C(=O)O. The first-order chi connectivity index (χ1) is 15.8. The Morgan fingerprint density at radius 3 is 2.27 bits per heavy atom. The number of benzene rings is 1. The van der Waals surface area contributed by atoms with Gasteiger partial charge in [0.2, 0.25) is 0 Å². The third kappa shape index (κ3) is 4.50. The van der Waals surface area contributed by atoms with E-state index in [1.165, 1.54) is 44.6 Å². The van der Waals surface area contributed by atoms with Crippen LogP contribution in [0.5, 0.6) is 5.75 Å². The Morgan fingerprint density at radius 1 is 1.15 bits per heavy atom. The molecule has 180 valence electrons. The van der Waals surface area contributed by atoms with Crippen LogP contribution in [-0.4, -0.2) is 29.6 Å². The molecular weight excluding hydrogens is 421 g/mol. The highest BCUT2D eigenvalue weighted by Crippen LogP contribution is 2.60. The van der Waals surface area contributed by atoms with Crippen molar-refractivity contribution in [1.29, 1.82) is 0 Å². The zero-order chi connectivity index (χ0) is 23.3. The molecule has 0 aliphatic heterocycles. The number of nitrogens with one attached hydrogen (secondary N) is 1. The van der Waals surface area contributed by atoms with E-state index >= 15 is 4.39 Å². The van der Waals surface area contributed by atoms with Crippen LogP contribution in [0.2, 0.25) is 0 Å². The molecule has 5 nitrogen and oxygen atoms in total. The van der Waals surface area contributed by atoms with Crippen molar-refractivity contribution in [3.05, 3.63) is 29.1 Å². The van der Waals surface area contributed by atoms with Crippen LogP contribution in [0.15, 0.2) is 12.1 Å². The maximum Gasteiger partial charge on any atom is 0.326 e. The second-order valence-corrected chi connectivity index (χ2v) is 11.5. The summed E-state index contributed by atoms with van der Waals surface area (Å²) >= 11 is 0. The summed E-state index contributed by atoms with van der Waals surface area (Å²) in [5, 5.41) is 12.0. The largest absolute Gasteiger partial charge is 0.493 e. The number of aliphatic carboxylic acids is 1. The molecule has 1 aromatic carbocycles. The molecule has 0 saturated heterocycles. The normalized spacial score (nSPS) is 31.8. The number of carboxylic acids is 1. The number of carbonyl (C=O) groups excluding carboxylic acids is 1. The topological polar surface area (TPSA) is 75.6 Å². The molecule has 0 heterocycles. The fourth-order valence-corrected chi connectivity index (χ4v) is 7.18. The zero-order valence-electron chi connectivity index (χ0n) is 19.7. The quantitative estimate of drug-likeness (QED) is 0.511. The van der Waals surface area contributed by atoms with Crippen molar-refractivity contribution in [3.63, 3.8) is 0 Å². The van der Waals surface area contributed by atoms with Crippen LogP contribution >= 0.6 is 0 Å². The number of rotatable bonds is 9. The molecule has 5 fully saturated rings. The van der Waals surface area contributed by atoms with Gasteiger partial charge in [-0.1, -0.05) is 20.3 Å². The minimum Gasteiger partial charge on any atom is -0.493 e. The Hall–Kier alpha value is -2.11. The molecular formula is C27H36FNO4. The summed E-state index contributed by atoms with van der Waals surface area (Å²) in [6, 6.07) is 1.92. The van der Waals surface area contributed by atoms with Gasteiger partial charge in [0.15, 0.2) is 0 Å². The number of hydrogen-bond acceptors (Lipinski definition) is 3. The second-order valence-electron chi connectivity index (χ2n) is 11.5. The fourth-order valence-electron chi connectivity index (χ4n) is 7.18. The van der Waals surface area contributed by atoms with Crippen LogP contribution < -0.4 is 10.1 Å². The fraction of sp³-hybridized carbons (Fsp3) is 0.704. The van der Waals surface area contributed by atoms with Gasteiger partial charge < -0.3 is 15.2 Å². The predicted molar refractivity (Wildman–Crippen MR) is 123 cm³/mol. The predicted octanol–water partition coefficient (Wildman–Crippen LogP) is 5.53. The van der Waals surface area contributed by atoms with Gasteiger partial charge in [0.25, 0.3) is 5.91 Å². The highest BCUT2D eigenvalue weighted by Gasteiger charge is 2.51. The van der Waals surface area contributed by atoms with Gasteiger partial charge in [-0.05, 0) is 92.6 Å². The molecule has 0 spiro atoms. The molecule has 33 heavy (non-hydrogen) atoms. The maximum absolute atomic E-state index is 15.1. The van der Waals surface area contributed by atoms with Gasteiger partial charge in [0.05, 0.1) is 12.2 Å². The van der Waals surface area contributed by atoms with Crippen LogP contribution in [-0.2, 0) is 4.79 Å². The number of amides is 1. The Kier molecular flexibility index (Phi) is 5.90. The van der Waals surface area contributed by atoms with E-state index in [-0.39, 0.29) is 22.8 Å². The summed E-state index contributed by atoms with van der Waals surface area (Å²) in [6.45, 7) is 4.28. The number of carbonyl (C=O) groups is 2. The first-order valence-corrected chi connectivity index (χ1v) is 12.8. The van der Waals surface area contributed by atoms with E-state index in [4.69, 9.17) is 4.74 Å². The lowest BCUT2D eigenvalue weighted by atomic mass is 9.50. The molecule has 6 heteroatoms. The van der Waals surface area contributed by atoms with Crippen molar-refractivity contribution in [1.82, 2.24) is 5.32 Å². The first kappa shape index (κ1) is 22.7. The number of hydrogen-bond donors (Lipinski definition) is 2. The molecule has 0 aromatic heterocycles. The molecule has 0 unspecified atom stereocenters. The average Bonchev–Trinajstić information content (AvgIpc) is 3.59. The monoisotopic (exact) mass is 457 g/mol. The minimum absolute atomic E-state index is 0.0893. The lowest BCUT2D eigenvalue weighted by Crippen LogP contribution is -2.48. The van der Waals surface area contributed by atoms with E-state index in [0.29, 0.717) is 18.8 Å². The van der Waals surface area contributed by atoms with E-state index in [2.05, 4.69) is 5.32 Å². The molecule has 2 N–H and O–H groups in total. The van der Waals surface area contributed by atoms with Crippen molar-refractivity contribution in [2.75, 3.05) is 6.61 Å². The summed E-state index contributed by atoms with van der Waals surface area (Å²) in [5.41, 5.74) is 1.03. The van der Waals surface area contributed by atoms with Crippen LogP contribution in [0.4, 0.5) is 4.39 Å². The van der Waals surface area contributed by atoms with E-state index in [1.54, 1.807) is 13.0 Å². The van der Waals surface area contributed by atoms with Gasteiger partial charge in [-0.25, -0.2) is 9.18 Å². The first-order valence-electron chi connectivity index (χ1n) is 12.8. The summed E-state index contributed by atoms with van der Waals surface area (Å²) < 4.78 is 21.4. The third-order valence-corrected chi connectivity index (χ3v) is 8.83. The van der Waals surface area contributed by atoms with Gasteiger partial charge in [-0.3, -0.25) is 4.79 Å².